The van der Waals surface area contributed by atoms with Gasteiger partial charge < -0.3 is 5.32 Å². The number of rotatable bonds is 3. The van der Waals surface area contributed by atoms with Crippen LogP contribution in [0.25, 0.3) is 0 Å². The first kappa shape index (κ1) is 12.4. The summed E-state index contributed by atoms with van der Waals surface area (Å²) in [5.74, 6) is -0.0510. The summed E-state index contributed by atoms with van der Waals surface area (Å²) in [4.78, 5) is 12.2. The van der Waals surface area contributed by atoms with E-state index < -0.39 is 0 Å². The fourth-order valence-corrected chi connectivity index (χ4v) is 1.84. The molecule has 1 aromatic heterocycles. The average molecular weight is 243 g/mol. The van der Waals surface area contributed by atoms with Crippen LogP contribution in [0.4, 0.5) is 0 Å². The van der Waals surface area contributed by atoms with E-state index in [1.54, 1.807) is 12.4 Å². The predicted molar refractivity (Wildman–Crippen MR) is 70.4 cm³/mol. The molecule has 0 radical (unpaired) electrons. The molecule has 0 saturated heterocycles. The number of H-pyrrole nitrogens is 1. The normalized spacial score (nSPS) is 12.2. The zero-order chi connectivity index (χ0) is 13.1. The molecule has 0 saturated carbocycles. The Morgan fingerprint density at radius 3 is 2.83 bits per heavy atom. The molecule has 4 nitrogen and oxygen atoms in total. The largest absolute Gasteiger partial charge is 0.345 e. The summed E-state index contributed by atoms with van der Waals surface area (Å²) in [7, 11) is 0. The fraction of sp³-hybridized carbons (Fsp3) is 0.286. The van der Waals surface area contributed by atoms with E-state index in [0.717, 1.165) is 22.3 Å². The third kappa shape index (κ3) is 2.59. The van der Waals surface area contributed by atoms with Gasteiger partial charge in [0.25, 0.3) is 5.91 Å². The number of aryl methyl sites for hydroxylation is 2. The molecule has 1 amide bonds. The van der Waals surface area contributed by atoms with Gasteiger partial charge in [-0.1, -0.05) is 17.7 Å². The average Bonchev–Trinajstić information content (AvgIpc) is 2.85. The lowest BCUT2D eigenvalue weighted by molar-refractivity contribution is 0.0939. The van der Waals surface area contributed by atoms with E-state index in [1.165, 1.54) is 0 Å². The van der Waals surface area contributed by atoms with Gasteiger partial charge in [-0.15, -0.1) is 0 Å². The molecular weight excluding hydrogens is 226 g/mol. The van der Waals surface area contributed by atoms with Crippen molar-refractivity contribution in [1.29, 1.82) is 0 Å². The van der Waals surface area contributed by atoms with Crippen LogP contribution in [-0.4, -0.2) is 16.1 Å². The molecular formula is C14H17N3O. The predicted octanol–water partition coefficient (Wildman–Crippen LogP) is 2.52. The molecule has 4 heteroatoms. The monoisotopic (exact) mass is 243 g/mol. The first-order chi connectivity index (χ1) is 8.58. The van der Waals surface area contributed by atoms with Gasteiger partial charge in [-0.3, -0.25) is 9.89 Å². The summed E-state index contributed by atoms with van der Waals surface area (Å²) < 4.78 is 0. The smallest absolute Gasteiger partial charge is 0.252 e. The minimum atomic E-state index is -0.0591. The standard InChI is InChI=1S/C14H17N3O/c1-9-4-5-10(2)13(6-9)14(18)17-11(3)12-7-15-16-8-12/h4-8,11H,1-3H3,(H,15,16)(H,17,18). The molecule has 1 heterocycles. The Bertz CT molecular complexity index is 546. The highest BCUT2D eigenvalue weighted by Crippen LogP contribution is 2.14. The van der Waals surface area contributed by atoms with Gasteiger partial charge >= 0.3 is 0 Å². The van der Waals surface area contributed by atoms with Crippen LogP contribution in [0.3, 0.4) is 0 Å². The second-order valence-electron chi connectivity index (χ2n) is 4.55. The minimum Gasteiger partial charge on any atom is -0.345 e. The van der Waals surface area contributed by atoms with Crippen LogP contribution >= 0.6 is 0 Å². The maximum atomic E-state index is 12.2. The summed E-state index contributed by atoms with van der Waals surface area (Å²) in [5.41, 5.74) is 3.76. The summed E-state index contributed by atoms with van der Waals surface area (Å²) in [6.07, 6.45) is 3.50. The molecule has 18 heavy (non-hydrogen) atoms. The molecule has 2 rings (SSSR count). The quantitative estimate of drug-likeness (QED) is 0.870. The number of nitrogens with zero attached hydrogens (tertiary/aromatic N) is 1. The number of carbonyl (C=O) groups is 1. The fourth-order valence-electron chi connectivity index (χ4n) is 1.84. The molecule has 2 N–H and O–H groups in total. The van der Waals surface area contributed by atoms with Gasteiger partial charge in [-0.05, 0) is 32.4 Å². The number of aromatic nitrogens is 2. The van der Waals surface area contributed by atoms with Crippen molar-refractivity contribution in [3.63, 3.8) is 0 Å². The van der Waals surface area contributed by atoms with E-state index in [2.05, 4.69) is 15.5 Å². The van der Waals surface area contributed by atoms with E-state index in [-0.39, 0.29) is 11.9 Å². The first-order valence-electron chi connectivity index (χ1n) is 5.94. The topological polar surface area (TPSA) is 57.8 Å². The van der Waals surface area contributed by atoms with Crippen molar-refractivity contribution in [1.82, 2.24) is 15.5 Å². The summed E-state index contributed by atoms with van der Waals surface area (Å²) in [6.45, 7) is 5.86. The number of benzene rings is 1. The van der Waals surface area contributed by atoms with E-state index in [1.807, 2.05) is 39.0 Å². The van der Waals surface area contributed by atoms with E-state index in [4.69, 9.17) is 0 Å². The van der Waals surface area contributed by atoms with Gasteiger partial charge in [0.2, 0.25) is 0 Å². The van der Waals surface area contributed by atoms with Crippen LogP contribution in [0.15, 0.2) is 30.6 Å². The molecule has 0 bridgehead atoms. The lowest BCUT2D eigenvalue weighted by Crippen LogP contribution is -2.27. The van der Waals surface area contributed by atoms with Gasteiger partial charge in [-0.2, -0.15) is 5.10 Å². The van der Waals surface area contributed by atoms with E-state index in [0.29, 0.717) is 0 Å². The van der Waals surface area contributed by atoms with Gasteiger partial charge in [-0.25, -0.2) is 0 Å². The van der Waals surface area contributed by atoms with Crippen LogP contribution in [0, 0.1) is 13.8 Å². The summed E-state index contributed by atoms with van der Waals surface area (Å²) in [5, 5.41) is 9.59. The Morgan fingerprint density at radius 1 is 1.39 bits per heavy atom. The molecule has 0 aliphatic carbocycles. The van der Waals surface area contributed by atoms with Crippen molar-refractivity contribution in [3.8, 4) is 0 Å². The summed E-state index contributed by atoms with van der Waals surface area (Å²) in [6, 6.07) is 5.82. The molecule has 0 aliphatic heterocycles. The van der Waals surface area contributed by atoms with Gasteiger partial charge in [0.05, 0.1) is 12.2 Å². The Labute approximate surface area is 106 Å². The second kappa shape index (κ2) is 5.04. The molecule has 94 valence electrons. The Morgan fingerprint density at radius 2 is 2.17 bits per heavy atom. The van der Waals surface area contributed by atoms with Crippen LogP contribution in [0.5, 0.6) is 0 Å². The van der Waals surface area contributed by atoms with Crippen molar-refractivity contribution in [2.45, 2.75) is 26.8 Å². The Kier molecular flexibility index (Phi) is 3.46. The SMILES string of the molecule is Cc1ccc(C)c(C(=O)NC(C)c2cn[nH]c2)c1. The van der Waals surface area contributed by atoms with Crippen molar-refractivity contribution in [2.75, 3.05) is 0 Å². The number of nitrogens with one attached hydrogen (secondary N) is 2. The van der Waals surface area contributed by atoms with Crippen LogP contribution in [-0.2, 0) is 0 Å². The highest BCUT2D eigenvalue weighted by Gasteiger charge is 2.13. The highest BCUT2D eigenvalue weighted by molar-refractivity contribution is 5.96. The Hall–Kier alpha value is -2.10. The Balaban J connectivity index is 2.15. The molecule has 2 aromatic rings. The molecule has 0 spiro atoms. The number of hydrogen-bond acceptors (Lipinski definition) is 2. The van der Waals surface area contributed by atoms with Crippen LogP contribution < -0.4 is 5.32 Å². The number of hydrogen-bond donors (Lipinski definition) is 2. The highest BCUT2D eigenvalue weighted by atomic mass is 16.1. The zero-order valence-electron chi connectivity index (χ0n) is 10.8. The van der Waals surface area contributed by atoms with Crippen LogP contribution in [0.1, 0.15) is 40.0 Å². The maximum Gasteiger partial charge on any atom is 0.252 e. The van der Waals surface area contributed by atoms with Crippen molar-refractivity contribution in [3.05, 3.63) is 52.8 Å². The maximum absolute atomic E-state index is 12.2. The third-order valence-electron chi connectivity index (χ3n) is 3.00. The lowest BCUT2D eigenvalue weighted by Gasteiger charge is -2.13. The first-order valence-corrected chi connectivity index (χ1v) is 5.94. The van der Waals surface area contributed by atoms with Crippen LogP contribution in [0.2, 0.25) is 0 Å². The molecule has 0 aliphatic rings. The van der Waals surface area contributed by atoms with Gasteiger partial charge in [0.1, 0.15) is 0 Å². The number of amides is 1. The van der Waals surface area contributed by atoms with Gasteiger partial charge in [0.15, 0.2) is 0 Å². The second-order valence-corrected chi connectivity index (χ2v) is 4.55. The molecule has 1 aromatic carbocycles. The lowest BCUT2D eigenvalue weighted by atomic mass is 10.0. The summed E-state index contributed by atoms with van der Waals surface area (Å²) >= 11 is 0. The molecule has 0 fully saturated rings. The molecule has 1 atom stereocenters. The molecule has 1 unspecified atom stereocenters. The minimum absolute atomic E-state index is 0.0510. The third-order valence-corrected chi connectivity index (χ3v) is 3.00. The van der Waals surface area contributed by atoms with E-state index in [9.17, 15) is 4.79 Å². The van der Waals surface area contributed by atoms with Crippen molar-refractivity contribution in [2.24, 2.45) is 0 Å². The number of carbonyl (C=O) groups excluding carboxylic acids is 1. The van der Waals surface area contributed by atoms with Crippen molar-refractivity contribution < 1.29 is 4.79 Å². The van der Waals surface area contributed by atoms with Crippen molar-refractivity contribution >= 4 is 5.91 Å². The van der Waals surface area contributed by atoms with Gasteiger partial charge in [0, 0.05) is 17.3 Å². The van der Waals surface area contributed by atoms with E-state index >= 15 is 0 Å². The zero-order valence-corrected chi connectivity index (χ0v) is 10.8. The number of aromatic amines is 1.